The van der Waals surface area contributed by atoms with Crippen LogP contribution >= 0.6 is 0 Å². The summed E-state index contributed by atoms with van der Waals surface area (Å²) >= 11 is 0. The Morgan fingerprint density at radius 1 is 1.08 bits per heavy atom. The number of aliphatic hydroxyl groups excluding tert-OH is 2. The van der Waals surface area contributed by atoms with E-state index in [1.165, 1.54) is 0 Å². The molecule has 0 fully saturated rings. The topological polar surface area (TPSA) is 40.5 Å². The van der Waals surface area contributed by atoms with E-state index in [2.05, 4.69) is 0 Å². The largest absolute Gasteiger partial charge is 0.512 e. The molecule has 1 aliphatic carbocycles. The monoisotopic (exact) mass is 182 g/mol. The lowest BCUT2D eigenvalue weighted by Crippen LogP contribution is -2.21. The second kappa shape index (κ2) is 3.44. The fourth-order valence-electron chi connectivity index (χ4n) is 1.88. The Hall–Kier alpha value is -0.920. The Balaban J connectivity index is 3.19. The second-order valence-electron chi connectivity index (χ2n) is 3.80. The van der Waals surface area contributed by atoms with Crippen molar-refractivity contribution in [2.75, 3.05) is 0 Å². The van der Waals surface area contributed by atoms with Gasteiger partial charge in [0.1, 0.15) is 0 Å². The predicted molar refractivity (Wildman–Crippen MR) is 53.6 cm³/mol. The summed E-state index contributed by atoms with van der Waals surface area (Å²) in [6, 6.07) is 0. The van der Waals surface area contributed by atoms with E-state index in [0.717, 1.165) is 17.6 Å². The first-order chi connectivity index (χ1) is 6.00. The van der Waals surface area contributed by atoms with Gasteiger partial charge in [-0.05, 0) is 24.5 Å². The molecule has 0 spiro atoms. The van der Waals surface area contributed by atoms with Crippen LogP contribution in [0.25, 0.3) is 0 Å². The van der Waals surface area contributed by atoms with Gasteiger partial charge in [-0.1, -0.05) is 20.8 Å². The maximum absolute atomic E-state index is 9.83. The van der Waals surface area contributed by atoms with Crippen LogP contribution in [0.2, 0.25) is 0 Å². The molecule has 0 saturated heterocycles. The summed E-state index contributed by atoms with van der Waals surface area (Å²) in [6.07, 6.45) is 0.777. The maximum atomic E-state index is 9.83. The van der Waals surface area contributed by atoms with E-state index in [-0.39, 0.29) is 11.8 Å². The van der Waals surface area contributed by atoms with Gasteiger partial charge >= 0.3 is 0 Å². The number of rotatable bonds is 1. The molecular weight excluding hydrogens is 164 g/mol. The zero-order valence-corrected chi connectivity index (χ0v) is 8.76. The summed E-state index contributed by atoms with van der Waals surface area (Å²) < 4.78 is 0. The van der Waals surface area contributed by atoms with Gasteiger partial charge in [0.25, 0.3) is 0 Å². The van der Waals surface area contributed by atoms with Crippen LogP contribution in [0.4, 0.5) is 0 Å². The molecule has 2 N–H and O–H groups in total. The van der Waals surface area contributed by atoms with Crippen molar-refractivity contribution >= 4 is 0 Å². The normalized spacial score (nSPS) is 29.8. The molecule has 0 aromatic carbocycles. The van der Waals surface area contributed by atoms with Crippen molar-refractivity contribution in [2.45, 2.75) is 34.1 Å². The highest BCUT2D eigenvalue weighted by molar-refractivity contribution is 5.38. The second-order valence-corrected chi connectivity index (χ2v) is 3.80. The summed E-state index contributed by atoms with van der Waals surface area (Å²) in [6.45, 7) is 7.74. The van der Waals surface area contributed by atoms with Gasteiger partial charge < -0.3 is 10.2 Å². The lowest BCUT2D eigenvalue weighted by molar-refractivity contribution is 0.232. The Morgan fingerprint density at radius 2 is 1.54 bits per heavy atom. The average Bonchev–Trinajstić information content (AvgIpc) is 2.13. The van der Waals surface area contributed by atoms with E-state index in [0.29, 0.717) is 11.5 Å². The van der Waals surface area contributed by atoms with Crippen LogP contribution in [0.3, 0.4) is 0 Å². The van der Waals surface area contributed by atoms with Crippen molar-refractivity contribution in [3.05, 3.63) is 22.7 Å². The number of allylic oxidation sites excluding steroid dienone is 4. The number of hydrogen-bond acceptors (Lipinski definition) is 2. The van der Waals surface area contributed by atoms with Gasteiger partial charge in [0.2, 0.25) is 0 Å². The van der Waals surface area contributed by atoms with Gasteiger partial charge in [-0.3, -0.25) is 0 Å². The summed E-state index contributed by atoms with van der Waals surface area (Å²) in [5.74, 6) is 0.960. The van der Waals surface area contributed by atoms with Crippen LogP contribution in [0.5, 0.6) is 0 Å². The first-order valence-corrected chi connectivity index (χ1v) is 4.82. The highest BCUT2D eigenvalue weighted by Gasteiger charge is 2.29. The minimum Gasteiger partial charge on any atom is -0.512 e. The molecule has 0 radical (unpaired) electrons. The van der Waals surface area contributed by atoms with Gasteiger partial charge in [0, 0.05) is 11.8 Å². The SMILES string of the molecule is CCC1=C(O)C(C)C(C)C(O)=C1C. The Kier molecular flexibility index (Phi) is 2.69. The van der Waals surface area contributed by atoms with Crippen LogP contribution in [-0.4, -0.2) is 10.2 Å². The maximum Gasteiger partial charge on any atom is 0.0993 e. The predicted octanol–water partition coefficient (Wildman–Crippen LogP) is 3.33. The molecule has 0 bridgehead atoms. The molecule has 0 saturated carbocycles. The third-order valence-corrected chi connectivity index (χ3v) is 3.11. The van der Waals surface area contributed by atoms with Crippen LogP contribution in [-0.2, 0) is 0 Å². The van der Waals surface area contributed by atoms with Crippen molar-refractivity contribution in [3.63, 3.8) is 0 Å². The van der Waals surface area contributed by atoms with E-state index in [1.807, 2.05) is 27.7 Å². The zero-order chi connectivity index (χ0) is 10.2. The first kappa shape index (κ1) is 10.2. The standard InChI is InChI=1S/C11H18O2/c1-5-9-8(4)10(12)6(2)7(3)11(9)13/h6-7,12-13H,5H2,1-4H3. The molecule has 0 heterocycles. The van der Waals surface area contributed by atoms with Gasteiger partial charge in [-0.15, -0.1) is 0 Å². The van der Waals surface area contributed by atoms with E-state index < -0.39 is 0 Å². The molecule has 1 aliphatic rings. The number of aliphatic hydroxyl groups is 2. The molecule has 0 aliphatic heterocycles. The fraction of sp³-hybridized carbons (Fsp3) is 0.636. The Labute approximate surface area is 79.6 Å². The van der Waals surface area contributed by atoms with Crippen LogP contribution in [0, 0.1) is 11.8 Å². The molecule has 0 amide bonds. The molecule has 0 aromatic rings. The minimum atomic E-state index is 0.0373. The summed E-state index contributed by atoms with van der Waals surface area (Å²) in [7, 11) is 0. The molecule has 1 rings (SSSR count). The average molecular weight is 182 g/mol. The molecule has 0 aromatic heterocycles. The highest BCUT2D eigenvalue weighted by Crippen LogP contribution is 2.37. The summed E-state index contributed by atoms with van der Waals surface area (Å²) in [5.41, 5.74) is 1.76. The number of hydrogen-bond donors (Lipinski definition) is 2. The van der Waals surface area contributed by atoms with Crippen LogP contribution in [0.1, 0.15) is 34.1 Å². The van der Waals surface area contributed by atoms with Gasteiger partial charge in [-0.25, -0.2) is 0 Å². The van der Waals surface area contributed by atoms with Crippen LogP contribution in [0.15, 0.2) is 22.7 Å². The summed E-state index contributed by atoms with van der Waals surface area (Å²) in [4.78, 5) is 0. The van der Waals surface area contributed by atoms with E-state index >= 15 is 0 Å². The van der Waals surface area contributed by atoms with E-state index in [9.17, 15) is 10.2 Å². The zero-order valence-electron chi connectivity index (χ0n) is 8.76. The molecule has 2 nitrogen and oxygen atoms in total. The lowest BCUT2D eigenvalue weighted by atomic mass is 9.81. The molecule has 2 atom stereocenters. The smallest absolute Gasteiger partial charge is 0.0993 e. The van der Waals surface area contributed by atoms with Crippen molar-refractivity contribution in [1.82, 2.24) is 0 Å². The first-order valence-electron chi connectivity index (χ1n) is 4.82. The van der Waals surface area contributed by atoms with Gasteiger partial charge in [0.05, 0.1) is 11.5 Å². The lowest BCUT2D eigenvalue weighted by Gasteiger charge is -2.28. The third kappa shape index (κ3) is 1.45. The van der Waals surface area contributed by atoms with Crippen molar-refractivity contribution in [2.24, 2.45) is 11.8 Å². The fourth-order valence-corrected chi connectivity index (χ4v) is 1.88. The Morgan fingerprint density at radius 3 is 2.00 bits per heavy atom. The molecule has 74 valence electrons. The van der Waals surface area contributed by atoms with E-state index in [4.69, 9.17) is 0 Å². The van der Waals surface area contributed by atoms with Gasteiger partial charge in [0.15, 0.2) is 0 Å². The van der Waals surface area contributed by atoms with Crippen molar-refractivity contribution < 1.29 is 10.2 Å². The minimum absolute atomic E-state index is 0.0373. The van der Waals surface area contributed by atoms with Gasteiger partial charge in [-0.2, -0.15) is 0 Å². The molecule has 13 heavy (non-hydrogen) atoms. The highest BCUT2D eigenvalue weighted by atomic mass is 16.3. The molecule has 2 heteroatoms. The van der Waals surface area contributed by atoms with E-state index in [1.54, 1.807) is 0 Å². The quantitative estimate of drug-likeness (QED) is 0.653. The third-order valence-electron chi connectivity index (χ3n) is 3.11. The molecular formula is C11H18O2. The Bertz CT molecular complexity index is 274. The van der Waals surface area contributed by atoms with Crippen molar-refractivity contribution in [3.8, 4) is 0 Å². The van der Waals surface area contributed by atoms with Crippen LogP contribution < -0.4 is 0 Å². The molecule has 2 unspecified atom stereocenters. The van der Waals surface area contributed by atoms with Crippen molar-refractivity contribution in [1.29, 1.82) is 0 Å². The summed E-state index contributed by atoms with van der Waals surface area (Å²) in [5, 5.41) is 19.6.